The maximum absolute atomic E-state index is 12.7. The van der Waals surface area contributed by atoms with Gasteiger partial charge in [0, 0.05) is 0 Å². The number of rotatable bonds is 5. The van der Waals surface area contributed by atoms with Gasteiger partial charge in [-0.2, -0.15) is 0 Å². The molecule has 0 saturated carbocycles. The Morgan fingerprint density at radius 2 is 1.70 bits per heavy atom. The van der Waals surface area contributed by atoms with Crippen LogP contribution in [0.25, 0.3) is 10.8 Å². The molecule has 0 aliphatic rings. The van der Waals surface area contributed by atoms with Crippen molar-refractivity contribution >= 4 is 38.3 Å². The van der Waals surface area contributed by atoms with Crippen LogP contribution in [-0.4, -0.2) is 21.4 Å². The van der Waals surface area contributed by atoms with Crippen LogP contribution >= 0.6 is 11.6 Å². The Labute approximate surface area is 163 Å². The first kappa shape index (κ1) is 19.4. The molecule has 0 spiro atoms. The third-order valence-corrected chi connectivity index (χ3v) is 6.12. The highest BCUT2D eigenvalue weighted by Crippen LogP contribution is 2.23. The standard InChI is InChI=1S/C20H19ClN2O3S/c1-13(15-8-7-14-5-3-4-6-16(14)11-15)23-20(24)18-12-17(9-10-19(18)21)27(25,26)22-2/h3-13,22H,1-2H3,(H,23,24). The SMILES string of the molecule is CNS(=O)(=O)c1ccc(Cl)c(C(=O)NC(C)c2ccc3ccccc3c2)c1. The molecule has 0 aromatic heterocycles. The molecule has 0 heterocycles. The number of hydrogen-bond donors (Lipinski definition) is 2. The number of amides is 1. The molecule has 0 aliphatic carbocycles. The lowest BCUT2D eigenvalue weighted by Crippen LogP contribution is -2.27. The molecule has 5 nitrogen and oxygen atoms in total. The number of nitrogens with one attached hydrogen (secondary N) is 2. The Balaban J connectivity index is 1.86. The van der Waals surface area contributed by atoms with E-state index in [0.29, 0.717) is 0 Å². The molecule has 0 radical (unpaired) electrons. The first-order valence-electron chi connectivity index (χ1n) is 8.34. The summed E-state index contributed by atoms with van der Waals surface area (Å²) in [5.74, 6) is -0.436. The van der Waals surface area contributed by atoms with Gasteiger partial charge in [0.1, 0.15) is 0 Å². The summed E-state index contributed by atoms with van der Waals surface area (Å²) >= 11 is 6.12. The van der Waals surface area contributed by atoms with Crippen LogP contribution in [0.2, 0.25) is 5.02 Å². The molecule has 0 fully saturated rings. The maximum Gasteiger partial charge on any atom is 0.253 e. The highest BCUT2D eigenvalue weighted by molar-refractivity contribution is 7.89. The Hall–Kier alpha value is -2.41. The lowest BCUT2D eigenvalue weighted by atomic mass is 10.0. The van der Waals surface area contributed by atoms with E-state index in [4.69, 9.17) is 11.6 Å². The van der Waals surface area contributed by atoms with Crippen molar-refractivity contribution < 1.29 is 13.2 Å². The molecule has 7 heteroatoms. The van der Waals surface area contributed by atoms with E-state index < -0.39 is 15.9 Å². The average molecular weight is 403 g/mol. The Kier molecular flexibility index (Phi) is 5.51. The van der Waals surface area contributed by atoms with Gasteiger partial charge in [0.05, 0.1) is 21.5 Å². The van der Waals surface area contributed by atoms with E-state index in [0.717, 1.165) is 16.3 Å². The van der Waals surface area contributed by atoms with E-state index >= 15 is 0 Å². The van der Waals surface area contributed by atoms with Crippen molar-refractivity contribution in [2.24, 2.45) is 0 Å². The third kappa shape index (κ3) is 4.13. The molecule has 0 aliphatic heterocycles. The van der Waals surface area contributed by atoms with Gasteiger partial charge >= 0.3 is 0 Å². The third-order valence-electron chi connectivity index (χ3n) is 4.38. The van der Waals surface area contributed by atoms with Gasteiger partial charge in [-0.05, 0) is 54.6 Å². The van der Waals surface area contributed by atoms with E-state index in [2.05, 4.69) is 10.0 Å². The number of benzene rings is 3. The van der Waals surface area contributed by atoms with Crippen LogP contribution in [0.5, 0.6) is 0 Å². The van der Waals surface area contributed by atoms with Gasteiger partial charge in [0.15, 0.2) is 0 Å². The van der Waals surface area contributed by atoms with Gasteiger partial charge in [0.25, 0.3) is 5.91 Å². The Morgan fingerprint density at radius 1 is 1.00 bits per heavy atom. The predicted octanol–water partition coefficient (Wildman–Crippen LogP) is 3.89. The van der Waals surface area contributed by atoms with Crippen molar-refractivity contribution in [2.75, 3.05) is 7.05 Å². The summed E-state index contributed by atoms with van der Waals surface area (Å²) in [6.07, 6.45) is 0. The molecule has 0 saturated heterocycles. The van der Waals surface area contributed by atoms with Crippen molar-refractivity contribution in [3.8, 4) is 0 Å². The molecule has 2 N–H and O–H groups in total. The normalized spacial score (nSPS) is 12.7. The minimum absolute atomic E-state index is 0.0158. The van der Waals surface area contributed by atoms with Crippen LogP contribution in [-0.2, 0) is 10.0 Å². The van der Waals surface area contributed by atoms with E-state index in [9.17, 15) is 13.2 Å². The summed E-state index contributed by atoms with van der Waals surface area (Å²) in [5.41, 5.74) is 1.05. The van der Waals surface area contributed by atoms with Crippen LogP contribution in [0.1, 0.15) is 28.9 Å². The van der Waals surface area contributed by atoms with Gasteiger partial charge < -0.3 is 5.32 Å². The average Bonchev–Trinajstić information content (AvgIpc) is 2.67. The molecule has 3 aromatic rings. The topological polar surface area (TPSA) is 75.3 Å². The summed E-state index contributed by atoms with van der Waals surface area (Å²) in [4.78, 5) is 12.7. The summed E-state index contributed by atoms with van der Waals surface area (Å²) in [7, 11) is -2.35. The fraction of sp³-hybridized carbons (Fsp3) is 0.150. The van der Waals surface area contributed by atoms with Gasteiger partial charge in [-0.15, -0.1) is 0 Å². The smallest absolute Gasteiger partial charge is 0.253 e. The van der Waals surface area contributed by atoms with E-state index in [-0.39, 0.29) is 21.5 Å². The van der Waals surface area contributed by atoms with E-state index in [1.54, 1.807) is 0 Å². The van der Waals surface area contributed by atoms with Crippen LogP contribution in [0.3, 0.4) is 0 Å². The van der Waals surface area contributed by atoms with Crippen LogP contribution < -0.4 is 10.0 Å². The van der Waals surface area contributed by atoms with Crippen LogP contribution in [0.4, 0.5) is 0 Å². The monoisotopic (exact) mass is 402 g/mol. The highest BCUT2D eigenvalue weighted by Gasteiger charge is 2.19. The zero-order valence-corrected chi connectivity index (χ0v) is 16.4. The quantitative estimate of drug-likeness (QED) is 0.679. The Morgan fingerprint density at radius 3 is 2.41 bits per heavy atom. The molecule has 3 aromatic carbocycles. The number of fused-ring (bicyclic) bond motifs is 1. The van der Waals surface area contributed by atoms with Crippen molar-refractivity contribution in [3.63, 3.8) is 0 Å². The summed E-state index contributed by atoms with van der Waals surface area (Å²) in [6, 6.07) is 17.7. The summed E-state index contributed by atoms with van der Waals surface area (Å²) in [5, 5.41) is 5.26. The fourth-order valence-electron chi connectivity index (χ4n) is 2.80. The molecule has 3 rings (SSSR count). The zero-order chi connectivity index (χ0) is 19.6. The van der Waals surface area contributed by atoms with Crippen LogP contribution in [0, 0.1) is 0 Å². The van der Waals surface area contributed by atoms with Crippen molar-refractivity contribution in [3.05, 3.63) is 76.8 Å². The minimum Gasteiger partial charge on any atom is -0.345 e. The number of sulfonamides is 1. The lowest BCUT2D eigenvalue weighted by molar-refractivity contribution is 0.0940. The van der Waals surface area contributed by atoms with Gasteiger partial charge in [-0.1, -0.05) is 48.0 Å². The van der Waals surface area contributed by atoms with Crippen molar-refractivity contribution in [1.82, 2.24) is 10.0 Å². The number of halogens is 1. The molecule has 1 amide bonds. The first-order valence-corrected chi connectivity index (χ1v) is 10.2. The number of carbonyl (C=O) groups is 1. The van der Waals surface area contributed by atoms with Crippen molar-refractivity contribution in [2.45, 2.75) is 17.9 Å². The molecule has 1 atom stereocenters. The predicted molar refractivity (Wildman–Crippen MR) is 108 cm³/mol. The van der Waals surface area contributed by atoms with Gasteiger partial charge in [0.2, 0.25) is 10.0 Å². The lowest BCUT2D eigenvalue weighted by Gasteiger charge is -2.16. The zero-order valence-electron chi connectivity index (χ0n) is 14.9. The summed E-state index contributed by atoms with van der Waals surface area (Å²) in [6.45, 7) is 1.87. The largest absolute Gasteiger partial charge is 0.345 e. The fourth-order valence-corrected chi connectivity index (χ4v) is 3.76. The van der Waals surface area contributed by atoms with Gasteiger partial charge in [-0.3, -0.25) is 4.79 Å². The molecule has 27 heavy (non-hydrogen) atoms. The number of carbonyl (C=O) groups excluding carboxylic acids is 1. The van der Waals surface area contributed by atoms with E-state index in [1.165, 1.54) is 25.2 Å². The van der Waals surface area contributed by atoms with Crippen LogP contribution in [0.15, 0.2) is 65.6 Å². The molecule has 140 valence electrons. The second-order valence-electron chi connectivity index (χ2n) is 6.15. The van der Waals surface area contributed by atoms with Gasteiger partial charge in [-0.25, -0.2) is 13.1 Å². The molecule has 0 bridgehead atoms. The highest BCUT2D eigenvalue weighted by atomic mass is 35.5. The maximum atomic E-state index is 12.7. The molecular formula is C20H19ClN2O3S. The Bertz CT molecular complexity index is 1110. The first-order chi connectivity index (χ1) is 12.8. The molecule has 1 unspecified atom stereocenters. The minimum atomic E-state index is -3.66. The van der Waals surface area contributed by atoms with E-state index in [1.807, 2.05) is 49.4 Å². The second kappa shape index (κ2) is 7.68. The summed E-state index contributed by atoms with van der Waals surface area (Å²) < 4.78 is 26.2. The molecular weight excluding hydrogens is 384 g/mol. The second-order valence-corrected chi connectivity index (χ2v) is 8.44. The number of hydrogen-bond acceptors (Lipinski definition) is 3. The van der Waals surface area contributed by atoms with Crippen molar-refractivity contribution in [1.29, 1.82) is 0 Å².